The zero-order chi connectivity index (χ0) is 21.1. The number of anilines is 1. The summed E-state index contributed by atoms with van der Waals surface area (Å²) >= 11 is 0. The van der Waals surface area contributed by atoms with E-state index in [4.69, 9.17) is 9.15 Å². The van der Waals surface area contributed by atoms with Crippen molar-refractivity contribution in [1.29, 1.82) is 0 Å². The average Bonchev–Trinajstić information content (AvgIpc) is 3.49. The van der Waals surface area contributed by atoms with Gasteiger partial charge < -0.3 is 19.0 Å². The van der Waals surface area contributed by atoms with E-state index < -0.39 is 10.0 Å². The summed E-state index contributed by atoms with van der Waals surface area (Å²) in [6.45, 7) is 3.55. The zero-order valence-corrected chi connectivity index (χ0v) is 17.1. The number of carbonyl (C=O) groups is 1. The van der Waals surface area contributed by atoms with E-state index >= 15 is 0 Å². The van der Waals surface area contributed by atoms with Crippen LogP contribution in [0, 0.1) is 0 Å². The van der Waals surface area contributed by atoms with Crippen LogP contribution < -0.4 is 9.46 Å². The standard InChI is InChI=1S/C19H21N5O5S/c1-2-28-16-8-4-3-7-14(16)23-30(26,27)13-11-15(20-12-13)17-21-22-18(29-17)19(25)24-9-5-6-10-24/h3-4,7-8,11-12,20,23H,2,5-6,9-10H2,1H3. The van der Waals surface area contributed by atoms with Crippen molar-refractivity contribution in [2.45, 2.75) is 24.7 Å². The van der Waals surface area contributed by atoms with Crippen molar-refractivity contribution < 1.29 is 22.4 Å². The zero-order valence-electron chi connectivity index (χ0n) is 16.3. The largest absolute Gasteiger partial charge is 0.492 e. The highest BCUT2D eigenvalue weighted by Gasteiger charge is 2.26. The highest BCUT2D eigenvalue weighted by molar-refractivity contribution is 7.92. The first-order chi connectivity index (χ1) is 14.5. The number of sulfonamides is 1. The molecule has 158 valence electrons. The van der Waals surface area contributed by atoms with Crippen LogP contribution in [0.2, 0.25) is 0 Å². The summed E-state index contributed by atoms with van der Waals surface area (Å²) in [6.07, 6.45) is 3.21. The molecular formula is C19H21N5O5S. The van der Waals surface area contributed by atoms with E-state index in [1.165, 1.54) is 12.3 Å². The number of para-hydroxylation sites is 2. The van der Waals surface area contributed by atoms with Crippen LogP contribution in [0.4, 0.5) is 5.69 Å². The van der Waals surface area contributed by atoms with Crippen molar-refractivity contribution in [3.8, 4) is 17.3 Å². The van der Waals surface area contributed by atoms with Crippen LogP contribution in [0.3, 0.4) is 0 Å². The molecule has 1 amide bonds. The third-order valence-electron chi connectivity index (χ3n) is 4.63. The number of amides is 1. The number of ether oxygens (including phenoxy) is 1. The van der Waals surface area contributed by atoms with Gasteiger partial charge in [-0.25, -0.2) is 8.42 Å². The van der Waals surface area contributed by atoms with Gasteiger partial charge in [-0.15, -0.1) is 10.2 Å². The molecule has 1 fully saturated rings. The molecule has 1 aliphatic rings. The fourth-order valence-corrected chi connectivity index (χ4v) is 4.23. The number of aromatic amines is 1. The Labute approximate surface area is 173 Å². The van der Waals surface area contributed by atoms with Gasteiger partial charge in [-0.1, -0.05) is 12.1 Å². The van der Waals surface area contributed by atoms with Crippen molar-refractivity contribution in [3.05, 3.63) is 42.4 Å². The minimum absolute atomic E-state index is 0.0191. The van der Waals surface area contributed by atoms with E-state index in [1.54, 1.807) is 29.2 Å². The van der Waals surface area contributed by atoms with Gasteiger partial charge in [-0.3, -0.25) is 9.52 Å². The maximum absolute atomic E-state index is 12.8. The summed E-state index contributed by atoms with van der Waals surface area (Å²) in [7, 11) is -3.89. The molecule has 30 heavy (non-hydrogen) atoms. The summed E-state index contributed by atoms with van der Waals surface area (Å²) in [5, 5.41) is 7.66. The lowest BCUT2D eigenvalue weighted by molar-refractivity contribution is 0.0754. The molecule has 0 saturated carbocycles. The van der Waals surface area contributed by atoms with Gasteiger partial charge in [-0.2, -0.15) is 0 Å². The molecule has 0 spiro atoms. The third-order valence-corrected chi connectivity index (χ3v) is 5.97. The van der Waals surface area contributed by atoms with Gasteiger partial charge in [0.2, 0.25) is 0 Å². The van der Waals surface area contributed by atoms with E-state index in [1.807, 2.05) is 6.92 Å². The van der Waals surface area contributed by atoms with Gasteiger partial charge in [-0.05, 0) is 38.0 Å². The fraction of sp³-hybridized carbons (Fsp3) is 0.316. The van der Waals surface area contributed by atoms with Crippen molar-refractivity contribution in [1.82, 2.24) is 20.1 Å². The number of nitrogens with one attached hydrogen (secondary N) is 2. The summed E-state index contributed by atoms with van der Waals surface area (Å²) in [5.74, 6) is 0.0320. The maximum Gasteiger partial charge on any atom is 0.311 e. The molecule has 1 aromatic carbocycles. The molecule has 1 aliphatic heterocycles. The van der Waals surface area contributed by atoms with E-state index in [-0.39, 0.29) is 22.6 Å². The summed E-state index contributed by atoms with van der Waals surface area (Å²) in [4.78, 5) is 16.8. The smallest absolute Gasteiger partial charge is 0.311 e. The van der Waals surface area contributed by atoms with Gasteiger partial charge in [0, 0.05) is 19.3 Å². The third kappa shape index (κ3) is 4.01. The van der Waals surface area contributed by atoms with E-state index in [2.05, 4.69) is 19.9 Å². The van der Waals surface area contributed by atoms with Crippen molar-refractivity contribution in [2.24, 2.45) is 0 Å². The first kappa shape index (κ1) is 20.0. The molecule has 4 rings (SSSR count). The molecule has 0 radical (unpaired) electrons. The number of hydrogen-bond acceptors (Lipinski definition) is 7. The Bertz CT molecular complexity index is 1150. The Morgan fingerprint density at radius 2 is 2.03 bits per heavy atom. The van der Waals surface area contributed by atoms with Gasteiger partial charge in [0.15, 0.2) is 0 Å². The van der Waals surface area contributed by atoms with Crippen molar-refractivity contribution in [3.63, 3.8) is 0 Å². The second kappa shape index (κ2) is 8.19. The molecule has 0 atom stereocenters. The number of benzene rings is 1. The highest BCUT2D eigenvalue weighted by atomic mass is 32.2. The second-order valence-electron chi connectivity index (χ2n) is 6.70. The summed E-state index contributed by atoms with van der Waals surface area (Å²) < 4.78 is 39.0. The molecule has 0 bridgehead atoms. The number of rotatable bonds is 7. The van der Waals surface area contributed by atoms with Crippen LogP contribution in [0.5, 0.6) is 5.75 Å². The Kier molecular flexibility index (Phi) is 5.44. The van der Waals surface area contributed by atoms with Crippen LogP contribution in [-0.2, 0) is 10.0 Å². The molecule has 2 N–H and O–H groups in total. The van der Waals surface area contributed by atoms with Crippen LogP contribution in [0.25, 0.3) is 11.6 Å². The molecule has 0 unspecified atom stereocenters. The topological polar surface area (TPSA) is 130 Å². The molecule has 3 aromatic rings. The van der Waals surface area contributed by atoms with Crippen LogP contribution in [-0.4, -0.2) is 54.1 Å². The number of nitrogens with zero attached hydrogens (tertiary/aromatic N) is 3. The molecule has 2 aromatic heterocycles. The van der Waals surface area contributed by atoms with Gasteiger partial charge in [0.05, 0.1) is 12.3 Å². The maximum atomic E-state index is 12.8. The number of aromatic nitrogens is 3. The first-order valence-electron chi connectivity index (χ1n) is 9.54. The quantitative estimate of drug-likeness (QED) is 0.588. The number of hydrogen-bond donors (Lipinski definition) is 2. The number of carbonyl (C=O) groups excluding carboxylic acids is 1. The van der Waals surface area contributed by atoms with E-state index in [9.17, 15) is 13.2 Å². The molecular weight excluding hydrogens is 410 g/mol. The number of H-pyrrole nitrogens is 1. The lowest BCUT2D eigenvalue weighted by Crippen LogP contribution is -2.27. The van der Waals surface area contributed by atoms with E-state index in [0.29, 0.717) is 36.8 Å². The van der Waals surface area contributed by atoms with Gasteiger partial charge in [0.1, 0.15) is 16.3 Å². The summed E-state index contributed by atoms with van der Waals surface area (Å²) in [5.41, 5.74) is 0.625. The highest BCUT2D eigenvalue weighted by Crippen LogP contribution is 2.28. The molecule has 3 heterocycles. The minimum atomic E-state index is -3.89. The van der Waals surface area contributed by atoms with Crippen molar-refractivity contribution in [2.75, 3.05) is 24.4 Å². The van der Waals surface area contributed by atoms with Gasteiger partial charge in [0.25, 0.3) is 15.9 Å². The lowest BCUT2D eigenvalue weighted by atomic mass is 10.3. The van der Waals surface area contributed by atoms with Crippen molar-refractivity contribution >= 4 is 21.6 Å². The van der Waals surface area contributed by atoms with Crippen LogP contribution >= 0.6 is 0 Å². The lowest BCUT2D eigenvalue weighted by Gasteiger charge is -2.11. The predicted octanol–water partition coefficient (Wildman–Crippen LogP) is 2.50. The summed E-state index contributed by atoms with van der Waals surface area (Å²) in [6, 6.07) is 8.13. The number of likely N-dealkylation sites (tertiary alicyclic amines) is 1. The van der Waals surface area contributed by atoms with Crippen LogP contribution in [0.15, 0.2) is 45.8 Å². The van der Waals surface area contributed by atoms with Crippen LogP contribution in [0.1, 0.15) is 30.5 Å². The Morgan fingerprint density at radius 1 is 1.27 bits per heavy atom. The fourth-order valence-electron chi connectivity index (χ4n) is 3.16. The van der Waals surface area contributed by atoms with E-state index in [0.717, 1.165) is 12.8 Å². The minimum Gasteiger partial charge on any atom is -0.492 e. The Morgan fingerprint density at radius 3 is 2.80 bits per heavy atom. The molecule has 11 heteroatoms. The molecule has 0 aliphatic carbocycles. The Hall–Kier alpha value is -3.34. The second-order valence-corrected chi connectivity index (χ2v) is 8.38. The Balaban J connectivity index is 1.53. The van der Waals surface area contributed by atoms with Gasteiger partial charge >= 0.3 is 11.8 Å². The normalized spacial score (nSPS) is 14.1. The molecule has 10 nitrogen and oxygen atoms in total. The monoisotopic (exact) mass is 431 g/mol. The average molecular weight is 431 g/mol. The molecule has 1 saturated heterocycles. The predicted molar refractivity (Wildman–Crippen MR) is 108 cm³/mol. The SMILES string of the molecule is CCOc1ccccc1NS(=O)(=O)c1c[nH]c(-c2nnc(C(=O)N3CCCC3)o2)c1. The first-order valence-corrected chi connectivity index (χ1v) is 11.0.